The van der Waals surface area contributed by atoms with E-state index >= 15 is 0 Å². The van der Waals surface area contributed by atoms with Crippen LogP contribution in [0.5, 0.6) is 0 Å². The van der Waals surface area contributed by atoms with Gasteiger partial charge < -0.3 is 5.32 Å². The van der Waals surface area contributed by atoms with Crippen molar-refractivity contribution >= 4 is 11.3 Å². The fourth-order valence-corrected chi connectivity index (χ4v) is 3.60. The summed E-state index contributed by atoms with van der Waals surface area (Å²) in [7, 11) is 0. The maximum absolute atomic E-state index is 3.63. The lowest BCUT2D eigenvalue weighted by atomic mass is 9.98. The van der Waals surface area contributed by atoms with Crippen molar-refractivity contribution in [2.24, 2.45) is 0 Å². The summed E-state index contributed by atoms with van der Waals surface area (Å²) < 4.78 is 0. The average Bonchev–Trinajstić information content (AvgIpc) is 2.68. The average molecular weight is 273 g/mol. The minimum Gasteiger partial charge on any atom is -0.310 e. The molecule has 1 unspecified atom stereocenters. The molecule has 1 N–H and O–H groups in total. The minimum absolute atomic E-state index is 0.428. The van der Waals surface area contributed by atoms with E-state index in [1.54, 1.807) is 0 Å². The summed E-state index contributed by atoms with van der Waals surface area (Å²) in [6, 6.07) is 11.6. The zero-order chi connectivity index (χ0) is 13.8. The van der Waals surface area contributed by atoms with Crippen LogP contribution in [0.1, 0.15) is 39.4 Å². The summed E-state index contributed by atoms with van der Waals surface area (Å²) in [6.07, 6.45) is 1.06. The first-order chi connectivity index (χ1) is 9.10. The molecule has 1 aromatic carbocycles. The van der Waals surface area contributed by atoms with Crippen molar-refractivity contribution in [3.63, 3.8) is 0 Å². The molecule has 0 saturated heterocycles. The largest absolute Gasteiger partial charge is 0.310 e. The number of rotatable bonds is 5. The quantitative estimate of drug-likeness (QED) is 0.841. The fourth-order valence-electron chi connectivity index (χ4n) is 2.61. The molecular formula is C17H23NS. The highest BCUT2D eigenvalue weighted by Gasteiger charge is 2.15. The second kappa shape index (κ2) is 6.36. The smallest absolute Gasteiger partial charge is 0.0371 e. The lowest BCUT2D eigenvalue weighted by Crippen LogP contribution is -2.23. The summed E-state index contributed by atoms with van der Waals surface area (Å²) >= 11 is 1.90. The maximum Gasteiger partial charge on any atom is 0.0371 e. The Morgan fingerprint density at radius 1 is 1.16 bits per heavy atom. The molecule has 102 valence electrons. The summed E-state index contributed by atoms with van der Waals surface area (Å²) in [5.41, 5.74) is 4.21. The van der Waals surface area contributed by atoms with Crippen LogP contribution < -0.4 is 5.32 Å². The zero-order valence-electron chi connectivity index (χ0n) is 12.3. The van der Waals surface area contributed by atoms with Crippen LogP contribution in [0.4, 0.5) is 0 Å². The maximum atomic E-state index is 3.63. The van der Waals surface area contributed by atoms with Crippen molar-refractivity contribution in [2.75, 3.05) is 6.54 Å². The number of thiophene rings is 1. The van der Waals surface area contributed by atoms with Crippen molar-refractivity contribution in [3.8, 4) is 0 Å². The topological polar surface area (TPSA) is 12.0 Å². The Morgan fingerprint density at radius 2 is 1.95 bits per heavy atom. The van der Waals surface area contributed by atoms with E-state index in [0.717, 1.165) is 13.0 Å². The molecule has 0 amide bonds. The fraction of sp³-hybridized carbons (Fsp3) is 0.412. The third-order valence-corrected chi connectivity index (χ3v) is 4.41. The van der Waals surface area contributed by atoms with Crippen LogP contribution in [-0.4, -0.2) is 6.54 Å². The number of hydrogen-bond donors (Lipinski definition) is 1. The van der Waals surface area contributed by atoms with Gasteiger partial charge in [-0.2, -0.15) is 0 Å². The summed E-state index contributed by atoms with van der Waals surface area (Å²) in [6.45, 7) is 9.76. The highest BCUT2D eigenvalue weighted by Crippen LogP contribution is 2.28. The first-order valence-electron chi connectivity index (χ1n) is 6.96. The Morgan fingerprint density at radius 3 is 2.53 bits per heavy atom. The van der Waals surface area contributed by atoms with Gasteiger partial charge in [-0.05, 0) is 50.9 Å². The molecule has 0 spiro atoms. The van der Waals surface area contributed by atoms with Crippen molar-refractivity contribution in [1.29, 1.82) is 0 Å². The van der Waals surface area contributed by atoms with Crippen LogP contribution >= 0.6 is 11.3 Å². The zero-order valence-corrected chi connectivity index (χ0v) is 13.1. The number of benzene rings is 1. The number of likely N-dealkylation sites (N-methyl/N-ethyl adjacent to an activating group) is 1. The van der Waals surface area contributed by atoms with Crippen LogP contribution in [0, 0.1) is 20.8 Å². The van der Waals surface area contributed by atoms with Gasteiger partial charge >= 0.3 is 0 Å². The molecule has 0 aliphatic heterocycles. The van der Waals surface area contributed by atoms with Gasteiger partial charge in [0, 0.05) is 15.8 Å². The number of aryl methyl sites for hydroxylation is 3. The Bertz CT molecular complexity index is 542. The van der Waals surface area contributed by atoms with Gasteiger partial charge in [0.15, 0.2) is 0 Å². The SMILES string of the molecule is CCNC(Cc1cccc(C)c1)c1cc(C)sc1C. The molecule has 2 heteroatoms. The molecule has 0 radical (unpaired) electrons. The molecule has 0 fully saturated rings. The van der Waals surface area contributed by atoms with Gasteiger partial charge in [-0.25, -0.2) is 0 Å². The van der Waals surface area contributed by atoms with Gasteiger partial charge in [0.25, 0.3) is 0 Å². The molecule has 1 heterocycles. The first kappa shape index (κ1) is 14.3. The van der Waals surface area contributed by atoms with E-state index in [0.29, 0.717) is 6.04 Å². The van der Waals surface area contributed by atoms with Gasteiger partial charge in [0.05, 0.1) is 0 Å². The third-order valence-electron chi connectivity index (χ3n) is 3.43. The Kier molecular flexibility index (Phi) is 4.78. The monoisotopic (exact) mass is 273 g/mol. The van der Waals surface area contributed by atoms with Crippen molar-refractivity contribution in [3.05, 3.63) is 56.8 Å². The second-order valence-electron chi connectivity index (χ2n) is 5.17. The molecule has 2 rings (SSSR count). The van der Waals surface area contributed by atoms with Crippen LogP contribution in [0.2, 0.25) is 0 Å². The van der Waals surface area contributed by atoms with Gasteiger partial charge in [0.1, 0.15) is 0 Å². The van der Waals surface area contributed by atoms with Crippen LogP contribution in [0.3, 0.4) is 0 Å². The van der Waals surface area contributed by atoms with E-state index in [4.69, 9.17) is 0 Å². The first-order valence-corrected chi connectivity index (χ1v) is 7.77. The normalized spacial score (nSPS) is 12.6. The van der Waals surface area contributed by atoms with Crippen LogP contribution in [-0.2, 0) is 6.42 Å². The molecule has 0 aliphatic rings. The molecule has 1 atom stereocenters. The predicted octanol–water partition coefficient (Wildman–Crippen LogP) is 4.57. The molecule has 1 nitrogen and oxygen atoms in total. The second-order valence-corrected chi connectivity index (χ2v) is 6.63. The van der Waals surface area contributed by atoms with Gasteiger partial charge in [-0.3, -0.25) is 0 Å². The minimum atomic E-state index is 0.428. The van der Waals surface area contributed by atoms with Crippen molar-refractivity contribution in [1.82, 2.24) is 5.32 Å². The predicted molar refractivity (Wildman–Crippen MR) is 85.1 cm³/mol. The molecule has 2 aromatic rings. The third kappa shape index (κ3) is 3.68. The molecule has 0 saturated carbocycles. The van der Waals surface area contributed by atoms with Crippen LogP contribution in [0.15, 0.2) is 30.3 Å². The van der Waals surface area contributed by atoms with Gasteiger partial charge in [0.2, 0.25) is 0 Å². The van der Waals surface area contributed by atoms with Crippen molar-refractivity contribution in [2.45, 2.75) is 40.2 Å². The summed E-state index contributed by atoms with van der Waals surface area (Å²) in [4.78, 5) is 2.84. The highest BCUT2D eigenvalue weighted by molar-refractivity contribution is 7.12. The molecule has 19 heavy (non-hydrogen) atoms. The van der Waals surface area contributed by atoms with E-state index in [1.165, 1.54) is 26.4 Å². The molecule has 0 bridgehead atoms. The molecule has 1 aromatic heterocycles. The van der Waals surface area contributed by atoms with E-state index in [-0.39, 0.29) is 0 Å². The van der Waals surface area contributed by atoms with Crippen LogP contribution in [0.25, 0.3) is 0 Å². The summed E-state index contributed by atoms with van der Waals surface area (Å²) in [5.74, 6) is 0. The van der Waals surface area contributed by atoms with Gasteiger partial charge in [-0.15, -0.1) is 11.3 Å². The Balaban J connectivity index is 2.23. The Labute approximate surface area is 120 Å². The lowest BCUT2D eigenvalue weighted by Gasteiger charge is -2.18. The number of nitrogens with one attached hydrogen (secondary N) is 1. The van der Waals surface area contributed by atoms with Gasteiger partial charge in [-0.1, -0.05) is 36.8 Å². The standard InChI is InChI=1S/C17H23NS/c1-5-18-17(16-10-13(3)19-14(16)4)11-15-8-6-7-12(2)9-15/h6-10,17-18H,5,11H2,1-4H3. The van der Waals surface area contributed by atoms with E-state index in [2.05, 4.69) is 63.3 Å². The lowest BCUT2D eigenvalue weighted by molar-refractivity contribution is 0.549. The van der Waals surface area contributed by atoms with E-state index in [9.17, 15) is 0 Å². The van der Waals surface area contributed by atoms with E-state index in [1.807, 2.05) is 11.3 Å². The van der Waals surface area contributed by atoms with Crippen molar-refractivity contribution < 1.29 is 0 Å². The molecule has 0 aliphatic carbocycles. The highest BCUT2D eigenvalue weighted by atomic mass is 32.1. The molecular weight excluding hydrogens is 250 g/mol. The number of hydrogen-bond acceptors (Lipinski definition) is 2. The Hall–Kier alpha value is -1.12. The van der Waals surface area contributed by atoms with E-state index < -0.39 is 0 Å². The summed E-state index contributed by atoms with van der Waals surface area (Å²) in [5, 5.41) is 3.63.